The summed E-state index contributed by atoms with van der Waals surface area (Å²) in [6.07, 6.45) is 21.8. The maximum atomic E-state index is 2.34. The maximum Gasteiger partial charge on any atom is -0.0414 e. The fraction of sp³-hybridized carbons (Fsp3) is 1.00. The molecule has 21 heavy (non-hydrogen) atoms. The molecule has 0 aromatic rings. The highest BCUT2D eigenvalue weighted by atomic mass is 14.2. The summed E-state index contributed by atoms with van der Waals surface area (Å²) in [5, 5.41) is 0. The molecule has 0 nitrogen and oxygen atoms in total. The van der Waals surface area contributed by atoms with E-state index < -0.39 is 0 Å². The molecule has 0 spiro atoms. The molecule has 0 N–H and O–H groups in total. The third-order valence-electron chi connectivity index (χ3n) is 5.09. The van der Waals surface area contributed by atoms with E-state index in [1.807, 2.05) is 0 Å². The Bertz CT molecular complexity index is 148. The summed E-state index contributed by atoms with van der Waals surface area (Å²) < 4.78 is 0. The molecule has 0 aliphatic heterocycles. The van der Waals surface area contributed by atoms with Gasteiger partial charge in [0.05, 0.1) is 0 Å². The number of hydrogen-bond acceptors (Lipinski definition) is 0. The Morgan fingerprint density at radius 1 is 0.381 bits per heavy atom. The Morgan fingerprint density at radius 2 is 0.619 bits per heavy atom. The van der Waals surface area contributed by atoms with Gasteiger partial charge in [0.1, 0.15) is 0 Å². The summed E-state index contributed by atoms with van der Waals surface area (Å²) in [5.41, 5.74) is 0. The molecule has 0 fully saturated rings. The second-order valence-corrected chi connectivity index (χ2v) is 7.23. The summed E-state index contributed by atoms with van der Waals surface area (Å²) in [6, 6.07) is 0. The fourth-order valence-electron chi connectivity index (χ4n) is 3.53. The normalized spacial score (nSPS) is 11.7. The van der Waals surface area contributed by atoms with E-state index >= 15 is 0 Å². The van der Waals surface area contributed by atoms with Crippen LogP contribution in [0.25, 0.3) is 0 Å². The van der Waals surface area contributed by atoms with Crippen LogP contribution in [0.2, 0.25) is 0 Å². The summed E-state index contributed by atoms with van der Waals surface area (Å²) in [7, 11) is 0. The molecule has 0 aromatic heterocycles. The average Bonchev–Trinajstić information content (AvgIpc) is 2.51. The third kappa shape index (κ3) is 13.4. The van der Waals surface area contributed by atoms with E-state index in [-0.39, 0.29) is 0 Å². The standard InChI is InChI=1S/C21H44/c1-5-9-14-20(15-10-6-2)18-13-19-21(16-11-7-3)17-12-8-4/h20-21H,5-19H2,1-4H3. The van der Waals surface area contributed by atoms with Crippen LogP contribution in [0.4, 0.5) is 0 Å². The smallest absolute Gasteiger partial charge is 0.0414 e. The predicted octanol–water partition coefficient (Wildman–Crippen LogP) is 8.15. The van der Waals surface area contributed by atoms with Crippen LogP contribution in [0.3, 0.4) is 0 Å². The largest absolute Gasteiger partial charge is 0.0654 e. The lowest BCUT2D eigenvalue weighted by molar-refractivity contribution is 0.334. The number of unbranched alkanes of at least 4 members (excludes halogenated alkanes) is 4. The second-order valence-electron chi connectivity index (χ2n) is 7.23. The van der Waals surface area contributed by atoms with Crippen LogP contribution in [0.5, 0.6) is 0 Å². The molecule has 0 heteroatoms. The van der Waals surface area contributed by atoms with Gasteiger partial charge in [-0.05, 0) is 11.8 Å². The van der Waals surface area contributed by atoms with Crippen molar-refractivity contribution in [1.82, 2.24) is 0 Å². The topological polar surface area (TPSA) is 0 Å². The molecule has 0 heterocycles. The first-order valence-electron chi connectivity index (χ1n) is 10.3. The van der Waals surface area contributed by atoms with Gasteiger partial charge in [-0.25, -0.2) is 0 Å². The van der Waals surface area contributed by atoms with Crippen molar-refractivity contribution in [2.75, 3.05) is 0 Å². The van der Waals surface area contributed by atoms with Gasteiger partial charge in [-0.3, -0.25) is 0 Å². The zero-order valence-corrected chi connectivity index (χ0v) is 15.8. The number of hydrogen-bond donors (Lipinski definition) is 0. The Kier molecular flexibility index (Phi) is 16.4. The summed E-state index contributed by atoms with van der Waals surface area (Å²) in [5.74, 6) is 2.06. The molecule has 0 rings (SSSR count). The Morgan fingerprint density at radius 3 is 0.857 bits per heavy atom. The Hall–Kier alpha value is 0. The molecular weight excluding hydrogens is 252 g/mol. The molecule has 0 amide bonds. The maximum absolute atomic E-state index is 2.34. The quantitative estimate of drug-likeness (QED) is 0.269. The van der Waals surface area contributed by atoms with Crippen LogP contribution in [-0.2, 0) is 0 Å². The average molecular weight is 297 g/mol. The van der Waals surface area contributed by atoms with Gasteiger partial charge in [0.25, 0.3) is 0 Å². The Labute approximate surface area is 136 Å². The summed E-state index contributed by atoms with van der Waals surface area (Å²) in [6.45, 7) is 9.34. The molecule has 128 valence electrons. The van der Waals surface area contributed by atoms with Gasteiger partial charge in [0.15, 0.2) is 0 Å². The SMILES string of the molecule is CCCCC(CCCC)CCCC(CCCC)CCCC. The highest BCUT2D eigenvalue weighted by Gasteiger charge is 2.11. The highest BCUT2D eigenvalue weighted by Crippen LogP contribution is 2.27. The first kappa shape index (κ1) is 21.0. The van der Waals surface area contributed by atoms with Crippen LogP contribution in [0, 0.1) is 11.8 Å². The van der Waals surface area contributed by atoms with Crippen molar-refractivity contribution in [2.24, 2.45) is 11.8 Å². The van der Waals surface area contributed by atoms with Crippen LogP contribution in [0.1, 0.15) is 124 Å². The van der Waals surface area contributed by atoms with E-state index in [1.54, 1.807) is 0 Å². The van der Waals surface area contributed by atoms with E-state index in [0.29, 0.717) is 0 Å². The molecule has 0 radical (unpaired) electrons. The van der Waals surface area contributed by atoms with Crippen molar-refractivity contribution in [3.8, 4) is 0 Å². The van der Waals surface area contributed by atoms with Crippen molar-refractivity contribution in [3.63, 3.8) is 0 Å². The van der Waals surface area contributed by atoms with Crippen LogP contribution < -0.4 is 0 Å². The minimum atomic E-state index is 1.03. The van der Waals surface area contributed by atoms with Crippen molar-refractivity contribution >= 4 is 0 Å². The molecule has 0 bridgehead atoms. The number of rotatable bonds is 16. The zero-order valence-electron chi connectivity index (χ0n) is 15.8. The minimum Gasteiger partial charge on any atom is -0.0654 e. The lowest BCUT2D eigenvalue weighted by Gasteiger charge is -2.20. The van der Waals surface area contributed by atoms with E-state index in [0.717, 1.165) is 11.8 Å². The molecule has 0 atom stereocenters. The second kappa shape index (κ2) is 16.4. The molecular formula is C21H44. The van der Waals surface area contributed by atoms with Gasteiger partial charge in [-0.15, -0.1) is 0 Å². The first-order valence-corrected chi connectivity index (χ1v) is 10.3. The van der Waals surface area contributed by atoms with Gasteiger partial charge >= 0.3 is 0 Å². The highest BCUT2D eigenvalue weighted by molar-refractivity contribution is 4.64. The van der Waals surface area contributed by atoms with E-state index in [2.05, 4.69) is 27.7 Å². The van der Waals surface area contributed by atoms with Crippen LogP contribution in [-0.4, -0.2) is 0 Å². The van der Waals surface area contributed by atoms with Gasteiger partial charge in [-0.1, -0.05) is 124 Å². The van der Waals surface area contributed by atoms with E-state index in [1.165, 1.54) is 96.3 Å². The lowest BCUT2D eigenvalue weighted by atomic mass is 9.86. The summed E-state index contributed by atoms with van der Waals surface area (Å²) >= 11 is 0. The molecule has 0 aliphatic carbocycles. The van der Waals surface area contributed by atoms with Crippen LogP contribution >= 0.6 is 0 Å². The molecule has 0 saturated carbocycles. The van der Waals surface area contributed by atoms with Crippen molar-refractivity contribution in [1.29, 1.82) is 0 Å². The predicted molar refractivity (Wildman–Crippen MR) is 98.9 cm³/mol. The Balaban J connectivity index is 3.96. The zero-order chi connectivity index (χ0) is 15.8. The first-order chi connectivity index (χ1) is 10.3. The van der Waals surface area contributed by atoms with Gasteiger partial charge in [0.2, 0.25) is 0 Å². The van der Waals surface area contributed by atoms with E-state index in [9.17, 15) is 0 Å². The van der Waals surface area contributed by atoms with Gasteiger partial charge in [0, 0.05) is 0 Å². The molecule has 0 unspecified atom stereocenters. The molecule has 0 aromatic carbocycles. The van der Waals surface area contributed by atoms with Crippen molar-refractivity contribution in [3.05, 3.63) is 0 Å². The third-order valence-corrected chi connectivity index (χ3v) is 5.09. The van der Waals surface area contributed by atoms with E-state index in [4.69, 9.17) is 0 Å². The lowest BCUT2D eigenvalue weighted by Crippen LogP contribution is -2.05. The minimum absolute atomic E-state index is 1.03. The van der Waals surface area contributed by atoms with Crippen LogP contribution in [0.15, 0.2) is 0 Å². The van der Waals surface area contributed by atoms with Crippen molar-refractivity contribution in [2.45, 2.75) is 124 Å². The van der Waals surface area contributed by atoms with Gasteiger partial charge in [-0.2, -0.15) is 0 Å². The molecule has 0 saturated heterocycles. The molecule has 0 aliphatic rings. The monoisotopic (exact) mass is 296 g/mol. The fourth-order valence-corrected chi connectivity index (χ4v) is 3.53. The van der Waals surface area contributed by atoms with Gasteiger partial charge < -0.3 is 0 Å². The summed E-state index contributed by atoms with van der Waals surface area (Å²) in [4.78, 5) is 0. The van der Waals surface area contributed by atoms with Crippen molar-refractivity contribution < 1.29 is 0 Å².